The molecule has 0 saturated carbocycles. The van der Waals surface area contributed by atoms with Crippen molar-refractivity contribution >= 4 is 29.2 Å². The van der Waals surface area contributed by atoms with Gasteiger partial charge in [-0.15, -0.1) is 0 Å². The Morgan fingerprint density at radius 1 is 1.08 bits per heavy atom. The highest BCUT2D eigenvalue weighted by atomic mass is 35.5. The molecule has 0 unspecified atom stereocenters. The summed E-state index contributed by atoms with van der Waals surface area (Å²) in [6.07, 6.45) is 0. The summed E-state index contributed by atoms with van der Waals surface area (Å²) in [4.78, 5) is 28.3. The SMILES string of the molecule is COc1ccc(C(=O)N(CC(=O)Nc2cc(C(C)(C)C)nn2-c2ccccc2Cl)CC(C)C)c(OC)c1. The predicted molar refractivity (Wildman–Crippen MR) is 146 cm³/mol. The van der Waals surface area contributed by atoms with Crippen LogP contribution in [0.15, 0.2) is 48.5 Å². The number of carbonyl (C=O) groups excluding carboxylic acids is 2. The highest BCUT2D eigenvalue weighted by Crippen LogP contribution is 2.29. The first kappa shape index (κ1) is 28.1. The van der Waals surface area contributed by atoms with Gasteiger partial charge in [0.15, 0.2) is 0 Å². The first-order valence-corrected chi connectivity index (χ1v) is 12.5. The van der Waals surface area contributed by atoms with E-state index in [9.17, 15) is 9.59 Å². The average Bonchev–Trinajstić information content (AvgIpc) is 3.26. The zero-order valence-electron chi connectivity index (χ0n) is 22.5. The van der Waals surface area contributed by atoms with Crippen molar-refractivity contribution in [2.75, 3.05) is 32.6 Å². The van der Waals surface area contributed by atoms with E-state index in [1.165, 1.54) is 12.0 Å². The summed E-state index contributed by atoms with van der Waals surface area (Å²) in [5.74, 6) is 0.909. The van der Waals surface area contributed by atoms with Crippen LogP contribution in [0.3, 0.4) is 0 Å². The van der Waals surface area contributed by atoms with Gasteiger partial charge in [-0.3, -0.25) is 9.59 Å². The molecular weight excluding hydrogens is 492 g/mol. The van der Waals surface area contributed by atoms with E-state index >= 15 is 0 Å². The normalized spacial score (nSPS) is 11.4. The predicted octanol–water partition coefficient (Wildman–Crippen LogP) is 5.58. The summed E-state index contributed by atoms with van der Waals surface area (Å²) in [5.41, 5.74) is 1.54. The molecule has 3 rings (SSSR count). The Bertz CT molecular complexity index is 1260. The molecule has 0 aliphatic heterocycles. The number of rotatable bonds is 9. The fourth-order valence-electron chi connectivity index (χ4n) is 3.81. The van der Waals surface area contributed by atoms with Crippen LogP contribution in [0.25, 0.3) is 5.69 Å². The molecule has 198 valence electrons. The van der Waals surface area contributed by atoms with Gasteiger partial charge in [0.1, 0.15) is 23.9 Å². The summed E-state index contributed by atoms with van der Waals surface area (Å²) in [7, 11) is 3.04. The Hall–Kier alpha value is -3.52. The fourth-order valence-corrected chi connectivity index (χ4v) is 4.02. The van der Waals surface area contributed by atoms with E-state index < -0.39 is 0 Å². The van der Waals surface area contributed by atoms with Gasteiger partial charge < -0.3 is 19.7 Å². The molecule has 0 aliphatic carbocycles. The lowest BCUT2D eigenvalue weighted by molar-refractivity contribution is -0.117. The van der Waals surface area contributed by atoms with Gasteiger partial charge in [-0.1, -0.05) is 58.4 Å². The molecular formula is C28H35ClN4O4. The molecule has 0 spiro atoms. The van der Waals surface area contributed by atoms with E-state index in [1.807, 2.05) is 58.9 Å². The molecule has 9 heteroatoms. The molecule has 1 aromatic heterocycles. The fraction of sp³-hybridized carbons (Fsp3) is 0.393. The van der Waals surface area contributed by atoms with Crippen molar-refractivity contribution in [1.82, 2.24) is 14.7 Å². The second-order valence-electron chi connectivity index (χ2n) is 10.2. The number of amides is 2. The lowest BCUT2D eigenvalue weighted by atomic mass is 9.92. The van der Waals surface area contributed by atoms with Gasteiger partial charge in [-0.25, -0.2) is 4.68 Å². The van der Waals surface area contributed by atoms with Gasteiger partial charge in [0.2, 0.25) is 5.91 Å². The van der Waals surface area contributed by atoms with Crippen LogP contribution in [-0.4, -0.2) is 53.8 Å². The van der Waals surface area contributed by atoms with Gasteiger partial charge in [-0.05, 0) is 30.2 Å². The first-order chi connectivity index (χ1) is 17.4. The third-order valence-electron chi connectivity index (χ3n) is 5.67. The zero-order chi connectivity index (χ0) is 27.3. The Balaban J connectivity index is 1.91. The van der Waals surface area contributed by atoms with Crippen molar-refractivity contribution in [2.24, 2.45) is 5.92 Å². The van der Waals surface area contributed by atoms with Crippen molar-refractivity contribution in [3.63, 3.8) is 0 Å². The van der Waals surface area contributed by atoms with E-state index in [1.54, 1.807) is 36.1 Å². The molecule has 0 bridgehead atoms. The van der Waals surface area contributed by atoms with Crippen LogP contribution < -0.4 is 14.8 Å². The van der Waals surface area contributed by atoms with Crippen LogP contribution in [0.4, 0.5) is 5.82 Å². The number of anilines is 1. The van der Waals surface area contributed by atoms with Gasteiger partial charge in [0.05, 0.1) is 36.2 Å². The summed E-state index contributed by atoms with van der Waals surface area (Å²) in [5, 5.41) is 8.17. The van der Waals surface area contributed by atoms with Crippen molar-refractivity contribution in [3.05, 3.63) is 64.8 Å². The van der Waals surface area contributed by atoms with Crippen LogP contribution >= 0.6 is 11.6 Å². The van der Waals surface area contributed by atoms with E-state index in [4.69, 9.17) is 26.2 Å². The van der Waals surface area contributed by atoms with E-state index in [-0.39, 0.29) is 29.7 Å². The number of methoxy groups -OCH3 is 2. The number of hydrogen-bond acceptors (Lipinski definition) is 5. The molecule has 8 nitrogen and oxygen atoms in total. The molecule has 0 radical (unpaired) electrons. The Morgan fingerprint density at radius 2 is 1.78 bits per heavy atom. The number of carbonyl (C=O) groups is 2. The lowest BCUT2D eigenvalue weighted by Gasteiger charge is -2.25. The van der Waals surface area contributed by atoms with Crippen molar-refractivity contribution in [1.29, 1.82) is 0 Å². The van der Waals surface area contributed by atoms with Crippen LogP contribution in [0.1, 0.15) is 50.7 Å². The Labute approximate surface area is 223 Å². The van der Waals surface area contributed by atoms with E-state index in [0.29, 0.717) is 40.1 Å². The van der Waals surface area contributed by atoms with Gasteiger partial charge >= 0.3 is 0 Å². The van der Waals surface area contributed by atoms with Crippen LogP contribution in [-0.2, 0) is 10.2 Å². The number of nitrogens with one attached hydrogen (secondary N) is 1. The number of halogens is 1. The maximum atomic E-state index is 13.5. The lowest BCUT2D eigenvalue weighted by Crippen LogP contribution is -2.40. The maximum absolute atomic E-state index is 13.5. The molecule has 1 heterocycles. The van der Waals surface area contributed by atoms with Crippen molar-refractivity contribution in [2.45, 2.75) is 40.0 Å². The summed E-state index contributed by atoms with van der Waals surface area (Å²) < 4.78 is 12.3. The quantitative estimate of drug-likeness (QED) is 0.393. The van der Waals surface area contributed by atoms with Gasteiger partial charge in [-0.2, -0.15) is 5.10 Å². The standard InChI is InChI=1S/C28H35ClN4O4/c1-18(2)16-32(27(35)20-13-12-19(36-6)14-23(20)37-7)17-26(34)30-25-15-24(28(3,4)5)31-33(25)22-11-9-8-10-21(22)29/h8-15,18H,16-17H2,1-7H3,(H,30,34). The highest BCUT2D eigenvalue weighted by Gasteiger charge is 2.26. The number of ether oxygens (including phenoxy) is 2. The van der Waals surface area contributed by atoms with E-state index in [2.05, 4.69) is 5.32 Å². The third-order valence-corrected chi connectivity index (χ3v) is 5.99. The minimum Gasteiger partial charge on any atom is -0.497 e. The smallest absolute Gasteiger partial charge is 0.258 e. The number of aromatic nitrogens is 2. The minimum atomic E-state index is -0.352. The number of nitrogens with zero attached hydrogens (tertiary/aromatic N) is 3. The maximum Gasteiger partial charge on any atom is 0.258 e. The third kappa shape index (κ3) is 6.83. The topological polar surface area (TPSA) is 85.7 Å². The Morgan fingerprint density at radius 3 is 2.38 bits per heavy atom. The summed E-state index contributed by atoms with van der Waals surface area (Å²) in [6, 6.07) is 14.1. The first-order valence-electron chi connectivity index (χ1n) is 12.1. The largest absolute Gasteiger partial charge is 0.497 e. The molecule has 3 aromatic rings. The molecule has 0 fully saturated rings. The van der Waals surface area contributed by atoms with Gasteiger partial charge in [0, 0.05) is 24.1 Å². The zero-order valence-corrected chi connectivity index (χ0v) is 23.2. The molecule has 0 saturated heterocycles. The second-order valence-corrected chi connectivity index (χ2v) is 10.6. The number of benzene rings is 2. The average molecular weight is 527 g/mol. The molecule has 1 N–H and O–H groups in total. The molecule has 37 heavy (non-hydrogen) atoms. The summed E-state index contributed by atoms with van der Waals surface area (Å²) in [6.45, 7) is 10.4. The van der Waals surface area contributed by atoms with Crippen molar-refractivity contribution in [3.8, 4) is 17.2 Å². The molecule has 0 aliphatic rings. The molecule has 2 aromatic carbocycles. The monoisotopic (exact) mass is 526 g/mol. The van der Waals surface area contributed by atoms with Crippen molar-refractivity contribution < 1.29 is 19.1 Å². The highest BCUT2D eigenvalue weighted by molar-refractivity contribution is 6.32. The van der Waals surface area contributed by atoms with Crippen LogP contribution in [0, 0.1) is 5.92 Å². The number of para-hydroxylation sites is 1. The van der Waals surface area contributed by atoms with Gasteiger partial charge in [0.25, 0.3) is 5.91 Å². The second kappa shape index (κ2) is 11.7. The molecule has 2 amide bonds. The van der Waals surface area contributed by atoms with Crippen LogP contribution in [0.2, 0.25) is 5.02 Å². The van der Waals surface area contributed by atoms with Crippen LogP contribution in [0.5, 0.6) is 11.5 Å². The number of hydrogen-bond donors (Lipinski definition) is 1. The summed E-state index contributed by atoms with van der Waals surface area (Å²) >= 11 is 6.44. The van der Waals surface area contributed by atoms with E-state index in [0.717, 1.165) is 5.69 Å². The minimum absolute atomic E-state index is 0.141. The molecule has 0 atom stereocenters. The Kier molecular flexibility index (Phi) is 8.86.